The number of thiazole rings is 1. The molecule has 9 heteroatoms. The number of sulfone groups is 1. The third kappa shape index (κ3) is 4.31. The maximum atomic E-state index is 12.0. The van der Waals surface area contributed by atoms with E-state index in [1.165, 1.54) is 17.7 Å². The van der Waals surface area contributed by atoms with Crippen molar-refractivity contribution in [1.82, 2.24) is 15.0 Å². The first-order valence-electron chi connectivity index (χ1n) is 7.57. The van der Waals surface area contributed by atoms with Crippen molar-refractivity contribution in [2.75, 3.05) is 16.4 Å². The number of hydrogen-bond acceptors (Lipinski definition) is 8. The summed E-state index contributed by atoms with van der Waals surface area (Å²) >= 11 is 1.53. The van der Waals surface area contributed by atoms with Gasteiger partial charge in [0.25, 0.3) is 0 Å². The Morgan fingerprint density at radius 2 is 1.84 bits per heavy atom. The molecular formula is C16H17N5O2S2. The third-order valence-electron chi connectivity index (χ3n) is 3.37. The molecule has 0 saturated heterocycles. The fourth-order valence-electron chi connectivity index (χ4n) is 2.10. The van der Waals surface area contributed by atoms with Gasteiger partial charge in [0.2, 0.25) is 0 Å². The van der Waals surface area contributed by atoms with Gasteiger partial charge in [0.1, 0.15) is 18.0 Å². The summed E-state index contributed by atoms with van der Waals surface area (Å²) in [7, 11) is -3.25. The Hall–Kier alpha value is -2.52. The summed E-state index contributed by atoms with van der Waals surface area (Å²) in [4.78, 5) is 13.9. The molecule has 0 fully saturated rings. The lowest BCUT2D eigenvalue weighted by molar-refractivity contribution is 0.597. The molecule has 25 heavy (non-hydrogen) atoms. The smallest absolute Gasteiger partial charge is 0.188 e. The number of nitrogens with zero attached hydrogens (tertiary/aromatic N) is 3. The largest absolute Gasteiger partial charge is 0.340 e. The Balaban J connectivity index is 1.79. The number of anilines is 4. The monoisotopic (exact) mass is 375 g/mol. The minimum atomic E-state index is -3.25. The normalized spacial score (nSPS) is 11.3. The van der Waals surface area contributed by atoms with Gasteiger partial charge in [-0.1, -0.05) is 13.0 Å². The Bertz CT molecular complexity index is 985. The fourth-order valence-corrected chi connectivity index (χ4v) is 3.70. The van der Waals surface area contributed by atoms with Gasteiger partial charge in [-0.2, -0.15) is 0 Å². The van der Waals surface area contributed by atoms with E-state index in [2.05, 4.69) is 25.6 Å². The zero-order chi connectivity index (χ0) is 17.9. The summed E-state index contributed by atoms with van der Waals surface area (Å²) in [6.07, 6.45) is 3.21. The molecule has 2 aromatic heterocycles. The van der Waals surface area contributed by atoms with Gasteiger partial charge in [-0.3, -0.25) is 0 Å². The molecule has 1 aromatic carbocycles. The molecule has 0 amide bonds. The molecule has 3 aromatic rings. The quantitative estimate of drug-likeness (QED) is 0.680. The molecule has 0 spiro atoms. The van der Waals surface area contributed by atoms with Gasteiger partial charge in [-0.15, -0.1) is 11.3 Å². The van der Waals surface area contributed by atoms with E-state index < -0.39 is 9.84 Å². The molecule has 0 saturated carbocycles. The number of rotatable bonds is 6. The number of hydrogen-bond donors (Lipinski definition) is 2. The summed E-state index contributed by atoms with van der Waals surface area (Å²) in [5.41, 5.74) is 0.643. The van der Waals surface area contributed by atoms with Crippen LogP contribution in [0.1, 0.15) is 11.8 Å². The van der Waals surface area contributed by atoms with E-state index in [-0.39, 0.29) is 10.6 Å². The molecular weight excluding hydrogens is 358 g/mol. The van der Waals surface area contributed by atoms with Crippen molar-refractivity contribution in [2.24, 2.45) is 0 Å². The maximum absolute atomic E-state index is 12.0. The molecule has 2 heterocycles. The van der Waals surface area contributed by atoms with E-state index in [0.29, 0.717) is 17.3 Å². The lowest BCUT2D eigenvalue weighted by Gasteiger charge is -2.09. The van der Waals surface area contributed by atoms with Crippen LogP contribution in [0.25, 0.3) is 0 Å². The van der Waals surface area contributed by atoms with E-state index in [1.54, 1.807) is 43.5 Å². The van der Waals surface area contributed by atoms with Gasteiger partial charge in [-0.05, 0) is 25.1 Å². The Labute approximate surface area is 150 Å². The van der Waals surface area contributed by atoms with Crippen LogP contribution in [0.3, 0.4) is 0 Å². The molecule has 7 nitrogen and oxygen atoms in total. The lowest BCUT2D eigenvalue weighted by Crippen LogP contribution is -2.04. The molecule has 3 rings (SSSR count). The predicted molar refractivity (Wildman–Crippen MR) is 99.6 cm³/mol. The van der Waals surface area contributed by atoms with Gasteiger partial charge in [0.05, 0.1) is 10.6 Å². The summed E-state index contributed by atoms with van der Waals surface area (Å²) in [5.74, 6) is 1.21. The van der Waals surface area contributed by atoms with Crippen molar-refractivity contribution >= 4 is 43.6 Å². The van der Waals surface area contributed by atoms with Gasteiger partial charge in [-0.25, -0.2) is 23.4 Å². The van der Waals surface area contributed by atoms with Crippen LogP contribution < -0.4 is 10.6 Å². The number of nitrogens with one attached hydrogen (secondary N) is 2. The summed E-state index contributed by atoms with van der Waals surface area (Å²) in [6.45, 7) is 3.60. The van der Waals surface area contributed by atoms with Crippen LogP contribution in [-0.4, -0.2) is 29.1 Å². The average Bonchev–Trinajstić information content (AvgIpc) is 3.00. The zero-order valence-electron chi connectivity index (χ0n) is 13.7. The topological polar surface area (TPSA) is 96.9 Å². The summed E-state index contributed by atoms with van der Waals surface area (Å²) in [5, 5.41) is 6.96. The van der Waals surface area contributed by atoms with Crippen LogP contribution in [-0.2, 0) is 9.84 Å². The highest BCUT2D eigenvalue weighted by Gasteiger charge is 2.12. The SMILES string of the molecule is CCS(=O)(=O)c1cccc(Nc2cc(Nc3ncc(C)s3)ncn2)c1. The van der Waals surface area contributed by atoms with Crippen molar-refractivity contribution in [3.8, 4) is 0 Å². The molecule has 130 valence electrons. The number of aromatic nitrogens is 3. The summed E-state index contributed by atoms with van der Waals surface area (Å²) < 4.78 is 24.0. The van der Waals surface area contributed by atoms with Gasteiger partial charge >= 0.3 is 0 Å². The third-order valence-corrected chi connectivity index (χ3v) is 5.93. The summed E-state index contributed by atoms with van der Waals surface area (Å²) in [6, 6.07) is 8.40. The van der Waals surface area contributed by atoms with E-state index in [4.69, 9.17) is 0 Å². The molecule has 0 aliphatic heterocycles. The van der Waals surface area contributed by atoms with E-state index in [9.17, 15) is 8.42 Å². The van der Waals surface area contributed by atoms with E-state index in [0.717, 1.165) is 10.0 Å². The van der Waals surface area contributed by atoms with Crippen molar-refractivity contribution < 1.29 is 8.42 Å². The van der Waals surface area contributed by atoms with Crippen molar-refractivity contribution in [3.05, 3.63) is 47.7 Å². The first kappa shape index (κ1) is 17.3. The van der Waals surface area contributed by atoms with Crippen molar-refractivity contribution in [1.29, 1.82) is 0 Å². The second kappa shape index (κ2) is 7.16. The molecule has 0 aliphatic rings. The molecule has 0 atom stereocenters. The van der Waals surface area contributed by atoms with E-state index >= 15 is 0 Å². The number of aryl methyl sites for hydroxylation is 1. The zero-order valence-corrected chi connectivity index (χ0v) is 15.4. The van der Waals surface area contributed by atoms with Crippen LogP contribution in [0.15, 0.2) is 47.8 Å². The van der Waals surface area contributed by atoms with Crippen LogP contribution >= 0.6 is 11.3 Å². The first-order valence-corrected chi connectivity index (χ1v) is 10.0. The van der Waals surface area contributed by atoms with Crippen LogP contribution in [0.5, 0.6) is 0 Å². The molecule has 0 radical (unpaired) electrons. The highest BCUT2D eigenvalue weighted by molar-refractivity contribution is 7.91. The highest BCUT2D eigenvalue weighted by Crippen LogP contribution is 2.23. The van der Waals surface area contributed by atoms with Gasteiger partial charge in [0.15, 0.2) is 15.0 Å². The minimum Gasteiger partial charge on any atom is -0.340 e. The minimum absolute atomic E-state index is 0.0608. The second-order valence-electron chi connectivity index (χ2n) is 5.25. The van der Waals surface area contributed by atoms with Crippen molar-refractivity contribution in [3.63, 3.8) is 0 Å². The van der Waals surface area contributed by atoms with Gasteiger partial charge in [0, 0.05) is 22.8 Å². The standard InChI is InChI=1S/C16H17N5O2S2/c1-3-25(22,23)13-6-4-5-12(7-13)20-14-8-15(19-10-18-14)21-16-17-9-11(2)24-16/h4-10H,3H2,1-2H3,(H2,17,18,19,20,21). The maximum Gasteiger partial charge on any atom is 0.188 e. The Morgan fingerprint density at radius 3 is 2.52 bits per heavy atom. The van der Waals surface area contributed by atoms with E-state index in [1.807, 2.05) is 6.92 Å². The number of benzene rings is 1. The lowest BCUT2D eigenvalue weighted by atomic mass is 10.3. The predicted octanol–water partition coefficient (Wildman–Crippen LogP) is 3.52. The van der Waals surface area contributed by atoms with Crippen molar-refractivity contribution in [2.45, 2.75) is 18.7 Å². The Morgan fingerprint density at radius 1 is 1.08 bits per heavy atom. The first-order chi connectivity index (χ1) is 12.0. The average molecular weight is 375 g/mol. The van der Waals surface area contributed by atoms with Crippen LogP contribution in [0.2, 0.25) is 0 Å². The molecule has 0 bridgehead atoms. The van der Waals surface area contributed by atoms with Crippen LogP contribution in [0, 0.1) is 6.92 Å². The highest BCUT2D eigenvalue weighted by atomic mass is 32.2. The molecule has 0 unspecified atom stereocenters. The van der Waals surface area contributed by atoms with Crippen LogP contribution in [0.4, 0.5) is 22.5 Å². The molecule has 0 aliphatic carbocycles. The fraction of sp³-hybridized carbons (Fsp3) is 0.188. The molecule has 2 N–H and O–H groups in total. The van der Waals surface area contributed by atoms with Gasteiger partial charge < -0.3 is 10.6 Å². The Kier molecular flexibility index (Phi) is 4.95. The second-order valence-corrected chi connectivity index (χ2v) is 8.76.